The molecule has 0 N–H and O–H groups in total. The van der Waals surface area contributed by atoms with E-state index >= 15 is 0 Å². The number of pyridine rings is 2. The molecule has 1 aromatic carbocycles. The predicted octanol–water partition coefficient (Wildman–Crippen LogP) is 3.28. The summed E-state index contributed by atoms with van der Waals surface area (Å²) in [6.07, 6.45) is 3.70. The maximum absolute atomic E-state index is 7.50. The normalized spacial score (nSPS) is 8.00. The first-order chi connectivity index (χ1) is 10.8. The van der Waals surface area contributed by atoms with Crippen molar-refractivity contribution in [1.82, 2.24) is 9.97 Å². The van der Waals surface area contributed by atoms with Gasteiger partial charge in [0.25, 0.3) is 0 Å². The quantitative estimate of drug-likeness (QED) is 0.282. The number of rotatable bonds is 0. The third-order valence-electron chi connectivity index (χ3n) is 3.06. The molecule has 6 heteroatoms. The van der Waals surface area contributed by atoms with Crippen LogP contribution in [0.25, 0.3) is 21.8 Å². The number of aryl methyl sites for hydroxylation is 2. The molecule has 2 aromatic heterocycles. The third-order valence-corrected chi connectivity index (χ3v) is 3.06. The van der Waals surface area contributed by atoms with Gasteiger partial charge in [-0.2, -0.15) is 0 Å². The number of hydrogen-bond donors (Lipinski definition) is 0. The van der Waals surface area contributed by atoms with Crippen LogP contribution in [-0.4, -0.2) is 9.97 Å². The Morgan fingerprint density at radius 3 is 1.26 bits per heavy atom. The Hall–Kier alpha value is -2.08. The maximum Gasteiger partial charge on any atom is 0 e. The molecule has 0 fully saturated rings. The first-order valence-electron chi connectivity index (χ1n) is 5.98. The molecule has 0 aliphatic carbocycles. The van der Waals surface area contributed by atoms with Crippen LogP contribution < -0.4 is 0 Å². The molecule has 0 atom stereocenters. The van der Waals surface area contributed by atoms with Gasteiger partial charge in [0.2, 0.25) is 0 Å². The van der Waals surface area contributed by atoms with E-state index in [9.17, 15) is 0 Å². The van der Waals surface area contributed by atoms with Gasteiger partial charge in [0.05, 0.1) is 11.0 Å². The van der Waals surface area contributed by atoms with Crippen molar-refractivity contribution >= 4 is 21.8 Å². The standard InChI is InChI=1S/C14H12N2.3CO.Re/c1-9-5-7-15-13-11(9)3-4-12-10(2)6-8-16-14(12)13;3*1-2;/h3-8H,1-2H3;;;;. The van der Waals surface area contributed by atoms with Crippen molar-refractivity contribution in [3.8, 4) is 0 Å². The molecule has 3 aromatic rings. The van der Waals surface area contributed by atoms with E-state index in [2.05, 4.69) is 55.9 Å². The molecule has 0 amide bonds. The Kier molecular flexibility index (Phi) is 12.6. The van der Waals surface area contributed by atoms with E-state index in [4.69, 9.17) is 14.0 Å². The molecule has 0 saturated heterocycles. The van der Waals surface area contributed by atoms with Gasteiger partial charge < -0.3 is 0 Å². The van der Waals surface area contributed by atoms with E-state index in [1.165, 1.54) is 21.9 Å². The van der Waals surface area contributed by atoms with Crippen LogP contribution in [0.5, 0.6) is 0 Å². The van der Waals surface area contributed by atoms with E-state index in [0.717, 1.165) is 11.0 Å². The van der Waals surface area contributed by atoms with Gasteiger partial charge in [-0.25, -0.2) is 0 Å². The van der Waals surface area contributed by atoms with Crippen molar-refractivity contribution in [2.24, 2.45) is 0 Å². The van der Waals surface area contributed by atoms with Gasteiger partial charge in [0, 0.05) is 43.6 Å². The second kappa shape index (κ2) is 12.5. The van der Waals surface area contributed by atoms with E-state index in [0.29, 0.717) is 0 Å². The smallest absolute Gasteiger partial charge is 0 e. The van der Waals surface area contributed by atoms with Gasteiger partial charge in [-0.15, -0.1) is 0 Å². The number of benzene rings is 1. The molecular formula is C17H12N2O3Re. The molecule has 2 heterocycles. The van der Waals surface area contributed by atoms with Gasteiger partial charge in [0.1, 0.15) is 0 Å². The molecule has 0 spiro atoms. The zero-order valence-electron chi connectivity index (χ0n) is 12.5. The van der Waals surface area contributed by atoms with Crippen molar-refractivity contribution in [2.75, 3.05) is 0 Å². The fourth-order valence-corrected chi connectivity index (χ4v) is 2.10. The van der Waals surface area contributed by atoms with E-state index in [1.54, 1.807) is 0 Å². The number of nitrogens with zero attached hydrogens (tertiary/aromatic N) is 2. The van der Waals surface area contributed by atoms with Crippen LogP contribution in [0, 0.1) is 33.8 Å². The summed E-state index contributed by atoms with van der Waals surface area (Å²) in [6.45, 7) is 17.7. The van der Waals surface area contributed by atoms with Gasteiger partial charge in [-0.1, -0.05) is 12.1 Å². The largest absolute Gasteiger partial charge is 0 e. The molecule has 3 rings (SSSR count). The zero-order chi connectivity index (χ0) is 17.1. The molecule has 0 saturated carbocycles. The van der Waals surface area contributed by atoms with E-state index in [1.807, 2.05) is 24.5 Å². The second-order valence-corrected chi connectivity index (χ2v) is 4.11. The average Bonchev–Trinajstić information content (AvgIpc) is 2.61. The van der Waals surface area contributed by atoms with Crippen LogP contribution in [0.4, 0.5) is 0 Å². The molecular weight excluding hydrogens is 466 g/mol. The van der Waals surface area contributed by atoms with Gasteiger partial charge in [-0.05, 0) is 37.1 Å². The van der Waals surface area contributed by atoms with Crippen molar-refractivity contribution in [1.29, 1.82) is 0 Å². The average molecular weight is 479 g/mol. The summed E-state index contributed by atoms with van der Waals surface area (Å²) in [5.41, 5.74) is 4.49. The van der Waals surface area contributed by atoms with Crippen LogP contribution in [0.1, 0.15) is 11.1 Å². The van der Waals surface area contributed by atoms with E-state index in [-0.39, 0.29) is 20.4 Å². The molecule has 0 bridgehead atoms. The topological polar surface area (TPSA) is 85.5 Å². The summed E-state index contributed by atoms with van der Waals surface area (Å²) in [7, 11) is 0. The van der Waals surface area contributed by atoms with Crippen LogP contribution in [0.3, 0.4) is 0 Å². The Morgan fingerprint density at radius 2 is 0.957 bits per heavy atom. The summed E-state index contributed by atoms with van der Waals surface area (Å²) in [4.78, 5) is 8.90. The summed E-state index contributed by atoms with van der Waals surface area (Å²) in [5, 5.41) is 2.38. The number of fused-ring (bicyclic) bond motifs is 3. The number of hydrogen-bond acceptors (Lipinski definition) is 2. The maximum atomic E-state index is 7.50. The van der Waals surface area contributed by atoms with Crippen molar-refractivity contribution in [3.63, 3.8) is 0 Å². The minimum atomic E-state index is 0. The molecule has 23 heavy (non-hydrogen) atoms. The van der Waals surface area contributed by atoms with Gasteiger partial charge in [0.15, 0.2) is 0 Å². The molecule has 0 unspecified atom stereocenters. The first-order valence-corrected chi connectivity index (χ1v) is 5.98. The van der Waals surface area contributed by atoms with Crippen molar-refractivity contribution in [2.45, 2.75) is 13.8 Å². The Bertz CT molecular complexity index is 751. The fourth-order valence-electron chi connectivity index (χ4n) is 2.10. The third kappa shape index (κ3) is 5.25. The molecule has 1 radical (unpaired) electrons. The zero-order valence-corrected chi connectivity index (χ0v) is 15.2. The summed E-state index contributed by atoms with van der Waals surface area (Å²) >= 11 is 0. The van der Waals surface area contributed by atoms with Crippen molar-refractivity contribution in [3.05, 3.63) is 67.7 Å². The van der Waals surface area contributed by atoms with Gasteiger partial charge >= 0.3 is 33.9 Å². The summed E-state index contributed by atoms with van der Waals surface area (Å²) in [5.74, 6) is 0. The Balaban J connectivity index is 0. The van der Waals surface area contributed by atoms with Crippen LogP contribution in [0.2, 0.25) is 0 Å². The van der Waals surface area contributed by atoms with Crippen molar-refractivity contribution < 1.29 is 34.4 Å². The van der Waals surface area contributed by atoms with Crippen LogP contribution >= 0.6 is 0 Å². The molecule has 115 valence electrons. The Labute approximate surface area is 147 Å². The summed E-state index contributed by atoms with van der Waals surface area (Å²) in [6, 6.07) is 8.33. The Morgan fingerprint density at radius 1 is 0.652 bits per heavy atom. The van der Waals surface area contributed by atoms with Gasteiger partial charge in [-0.3, -0.25) is 9.97 Å². The first kappa shape index (κ1) is 23.2. The van der Waals surface area contributed by atoms with Crippen LogP contribution in [0.15, 0.2) is 36.7 Å². The molecule has 5 nitrogen and oxygen atoms in total. The second-order valence-electron chi connectivity index (χ2n) is 4.11. The predicted molar refractivity (Wildman–Crippen MR) is 78.3 cm³/mol. The fraction of sp³-hybridized carbons (Fsp3) is 0.118. The van der Waals surface area contributed by atoms with E-state index < -0.39 is 0 Å². The molecule has 0 aliphatic heterocycles. The summed E-state index contributed by atoms with van der Waals surface area (Å²) < 4.78 is 22.5. The monoisotopic (exact) mass is 479 g/mol. The molecule has 0 aliphatic rings. The van der Waals surface area contributed by atoms with Crippen LogP contribution in [-0.2, 0) is 34.4 Å². The minimum Gasteiger partial charge on any atom is 0 e. The number of aromatic nitrogens is 2. The minimum absolute atomic E-state index is 0. The SMILES string of the molecule is Cc1ccnc2c1ccc1c(C)ccnc12.[C-]#[O+].[C-]#[O+].[C-]#[O+].[Re].